The summed E-state index contributed by atoms with van der Waals surface area (Å²) in [5.74, 6) is 0.952. The Labute approximate surface area is 153 Å². The second-order valence-corrected chi connectivity index (χ2v) is 8.75. The van der Waals surface area contributed by atoms with E-state index in [1.165, 1.54) is 4.90 Å². The number of nitrogens with one attached hydrogen (secondary N) is 1. The average Bonchev–Trinajstić information content (AvgIpc) is 2.44. The van der Waals surface area contributed by atoms with Crippen LogP contribution in [-0.4, -0.2) is 23.0 Å². The van der Waals surface area contributed by atoms with E-state index in [4.69, 9.17) is 4.74 Å². The number of rotatable bonds is 7. The van der Waals surface area contributed by atoms with E-state index in [0.29, 0.717) is 0 Å². The van der Waals surface area contributed by atoms with E-state index < -0.39 is 5.60 Å². The number of hydrogen-bond acceptors (Lipinski definition) is 3. The Morgan fingerprint density at radius 1 is 1.26 bits per heavy atom. The lowest BCUT2D eigenvalue weighted by molar-refractivity contribution is 0.0444. The number of carbonyl (C=O) groups excluding carboxylic acids is 1. The van der Waals surface area contributed by atoms with Gasteiger partial charge in [0.1, 0.15) is 5.60 Å². The predicted octanol–water partition coefficient (Wildman–Crippen LogP) is 6.01. The van der Waals surface area contributed by atoms with Crippen LogP contribution in [0.3, 0.4) is 0 Å². The molecule has 0 aromatic heterocycles. The van der Waals surface area contributed by atoms with Crippen molar-refractivity contribution in [2.45, 2.75) is 69.9 Å². The topological polar surface area (TPSA) is 38.3 Å². The summed E-state index contributed by atoms with van der Waals surface area (Å²) < 4.78 is 6.50. The van der Waals surface area contributed by atoms with Crippen molar-refractivity contribution in [3.05, 3.63) is 28.7 Å². The Balaban J connectivity index is 2.60. The maximum Gasteiger partial charge on any atom is 0.408 e. The molecule has 3 nitrogen and oxygen atoms in total. The second kappa shape index (κ2) is 8.97. The van der Waals surface area contributed by atoms with E-state index in [9.17, 15) is 4.79 Å². The van der Waals surface area contributed by atoms with Gasteiger partial charge >= 0.3 is 6.09 Å². The highest BCUT2D eigenvalue weighted by Crippen LogP contribution is 2.28. The number of thioether (sulfide) groups is 1. The van der Waals surface area contributed by atoms with Gasteiger partial charge in [0.2, 0.25) is 0 Å². The van der Waals surface area contributed by atoms with Crippen LogP contribution < -0.4 is 5.32 Å². The van der Waals surface area contributed by atoms with Gasteiger partial charge in [0.25, 0.3) is 0 Å². The molecule has 1 N–H and O–H groups in total. The van der Waals surface area contributed by atoms with Gasteiger partial charge in [0.05, 0.1) is 0 Å². The number of hydrogen-bond donors (Lipinski definition) is 1. The molecular weight excluding hydrogens is 374 g/mol. The number of halogens is 1. The van der Waals surface area contributed by atoms with Gasteiger partial charge in [0, 0.05) is 20.7 Å². The van der Waals surface area contributed by atoms with Crippen LogP contribution in [0.2, 0.25) is 0 Å². The minimum absolute atomic E-state index is 0.207. The predicted molar refractivity (Wildman–Crippen MR) is 102 cm³/mol. The fraction of sp³-hybridized carbons (Fsp3) is 0.611. The van der Waals surface area contributed by atoms with Gasteiger partial charge in [0.15, 0.2) is 0 Å². The van der Waals surface area contributed by atoms with Crippen molar-refractivity contribution in [1.82, 2.24) is 5.32 Å². The molecule has 0 bridgehead atoms. The van der Waals surface area contributed by atoms with Crippen molar-refractivity contribution < 1.29 is 9.53 Å². The van der Waals surface area contributed by atoms with Crippen molar-refractivity contribution in [2.75, 3.05) is 5.75 Å². The number of ether oxygens (including phenoxy) is 1. The minimum atomic E-state index is -0.470. The van der Waals surface area contributed by atoms with Gasteiger partial charge in [-0.2, -0.15) is 0 Å². The van der Waals surface area contributed by atoms with Gasteiger partial charge in [-0.15, -0.1) is 11.8 Å². The molecule has 0 saturated carbocycles. The summed E-state index contributed by atoms with van der Waals surface area (Å²) in [7, 11) is 0. The summed E-state index contributed by atoms with van der Waals surface area (Å²) in [6, 6.07) is 8.29. The molecular formula is C18H28BrNO2S. The van der Waals surface area contributed by atoms with Crippen molar-refractivity contribution >= 4 is 33.8 Å². The van der Waals surface area contributed by atoms with E-state index in [0.717, 1.165) is 29.5 Å². The number of amides is 1. The Morgan fingerprint density at radius 3 is 2.43 bits per heavy atom. The molecule has 1 aromatic rings. The molecule has 0 radical (unpaired) electrons. The molecule has 0 atom stereocenters. The zero-order chi connectivity index (χ0) is 17.5. The fourth-order valence-electron chi connectivity index (χ4n) is 2.28. The van der Waals surface area contributed by atoms with Crippen LogP contribution in [0.15, 0.2) is 33.6 Å². The van der Waals surface area contributed by atoms with Crippen LogP contribution in [0.1, 0.15) is 53.9 Å². The first kappa shape index (κ1) is 20.4. The molecule has 130 valence electrons. The van der Waals surface area contributed by atoms with Crippen molar-refractivity contribution in [1.29, 1.82) is 0 Å². The molecule has 0 aliphatic heterocycles. The molecule has 0 fully saturated rings. The lowest BCUT2D eigenvalue weighted by Gasteiger charge is -2.34. The van der Waals surface area contributed by atoms with E-state index in [1.54, 1.807) is 0 Å². The first-order chi connectivity index (χ1) is 10.7. The molecule has 1 rings (SSSR count). The lowest BCUT2D eigenvalue weighted by Crippen LogP contribution is -2.49. The third-order valence-corrected chi connectivity index (χ3v) is 5.25. The number of alkyl carbamates (subject to hydrolysis) is 1. The monoisotopic (exact) mass is 401 g/mol. The molecule has 0 spiro atoms. The van der Waals surface area contributed by atoms with Gasteiger partial charge in [-0.25, -0.2) is 4.79 Å². The maximum atomic E-state index is 12.1. The average molecular weight is 402 g/mol. The summed E-state index contributed by atoms with van der Waals surface area (Å²) in [6.45, 7) is 9.88. The molecule has 0 heterocycles. The van der Waals surface area contributed by atoms with Crippen molar-refractivity contribution in [2.24, 2.45) is 0 Å². The van der Waals surface area contributed by atoms with Crippen LogP contribution in [0.4, 0.5) is 4.79 Å². The molecule has 0 unspecified atom stereocenters. The first-order valence-corrected chi connectivity index (χ1v) is 9.87. The Bertz CT molecular complexity index is 510. The van der Waals surface area contributed by atoms with E-state index >= 15 is 0 Å². The highest BCUT2D eigenvalue weighted by atomic mass is 79.9. The fourth-order valence-corrected chi connectivity index (χ4v) is 3.95. The molecule has 1 aromatic carbocycles. The molecule has 0 aliphatic carbocycles. The standard InChI is InChI=1S/C18H28BrNO2S/c1-6-18(7-2,20-16(21)22-17(3,4)5)11-12-23-15-10-8-9-14(19)13-15/h8-10,13H,6-7,11-12H2,1-5H3,(H,20,21). The highest BCUT2D eigenvalue weighted by Gasteiger charge is 2.30. The van der Waals surface area contributed by atoms with Gasteiger partial charge in [-0.05, 0) is 58.2 Å². The second-order valence-electron chi connectivity index (χ2n) is 6.67. The summed E-state index contributed by atoms with van der Waals surface area (Å²) in [4.78, 5) is 13.4. The number of carbonyl (C=O) groups is 1. The maximum absolute atomic E-state index is 12.1. The lowest BCUT2D eigenvalue weighted by atomic mass is 9.90. The Hall–Kier alpha value is -0.680. The van der Waals surface area contributed by atoms with E-state index in [2.05, 4.69) is 47.2 Å². The summed E-state index contributed by atoms with van der Waals surface area (Å²) in [5.41, 5.74) is -0.677. The Kier molecular flexibility index (Phi) is 7.95. The molecule has 23 heavy (non-hydrogen) atoms. The Morgan fingerprint density at radius 2 is 1.91 bits per heavy atom. The van der Waals surface area contributed by atoms with E-state index in [-0.39, 0.29) is 11.6 Å². The van der Waals surface area contributed by atoms with Crippen LogP contribution in [0.25, 0.3) is 0 Å². The van der Waals surface area contributed by atoms with Gasteiger partial charge in [-0.1, -0.05) is 35.8 Å². The quantitative estimate of drug-likeness (QED) is 0.567. The molecule has 0 saturated heterocycles. The van der Waals surface area contributed by atoms with Crippen LogP contribution in [0, 0.1) is 0 Å². The van der Waals surface area contributed by atoms with Crippen LogP contribution >= 0.6 is 27.7 Å². The number of benzene rings is 1. The molecule has 1 amide bonds. The van der Waals surface area contributed by atoms with Gasteiger partial charge < -0.3 is 10.1 Å². The van der Waals surface area contributed by atoms with E-state index in [1.807, 2.05) is 44.7 Å². The smallest absolute Gasteiger partial charge is 0.408 e. The van der Waals surface area contributed by atoms with Crippen LogP contribution in [-0.2, 0) is 4.74 Å². The normalized spacial score (nSPS) is 12.1. The highest BCUT2D eigenvalue weighted by molar-refractivity contribution is 9.10. The third kappa shape index (κ3) is 7.62. The summed E-state index contributed by atoms with van der Waals surface area (Å²) in [5, 5.41) is 3.10. The van der Waals surface area contributed by atoms with Gasteiger partial charge in [-0.3, -0.25) is 0 Å². The van der Waals surface area contributed by atoms with Crippen molar-refractivity contribution in [3.63, 3.8) is 0 Å². The zero-order valence-corrected chi connectivity index (χ0v) is 17.1. The zero-order valence-electron chi connectivity index (χ0n) is 14.7. The van der Waals surface area contributed by atoms with Crippen molar-refractivity contribution in [3.8, 4) is 0 Å². The SMILES string of the molecule is CCC(CC)(CCSc1cccc(Br)c1)NC(=O)OC(C)(C)C. The molecule has 5 heteroatoms. The summed E-state index contributed by atoms with van der Waals surface area (Å²) in [6.07, 6.45) is 2.37. The molecule has 0 aliphatic rings. The third-order valence-electron chi connectivity index (χ3n) is 3.77. The largest absolute Gasteiger partial charge is 0.444 e. The van der Waals surface area contributed by atoms with Crippen LogP contribution in [0.5, 0.6) is 0 Å². The summed E-state index contributed by atoms with van der Waals surface area (Å²) >= 11 is 5.30. The minimum Gasteiger partial charge on any atom is -0.444 e. The first-order valence-electron chi connectivity index (χ1n) is 8.09.